The molecule has 2 aromatic heterocycles. The smallest absolute Gasteiger partial charge is 0.394 e. The number of nitrogens with zero attached hydrogens (tertiary/aromatic N) is 4. The van der Waals surface area contributed by atoms with E-state index in [-0.39, 0.29) is 17.0 Å². The van der Waals surface area contributed by atoms with Crippen LogP contribution in [0.1, 0.15) is 0 Å². The number of hydrogen-bond acceptors (Lipinski definition) is 17. The molecule has 11 N–H and O–H groups in total. The summed E-state index contributed by atoms with van der Waals surface area (Å²) in [5.74, 6) is -0.127. The maximum absolute atomic E-state index is 12.2. The van der Waals surface area contributed by atoms with Gasteiger partial charge in [-0.3, -0.25) is 9.09 Å². The molecule has 2 saturated heterocycles. The van der Waals surface area contributed by atoms with E-state index in [9.17, 15) is 49.0 Å². The van der Waals surface area contributed by atoms with Crippen molar-refractivity contribution < 1.29 is 81.4 Å². The molecular formula is C15H24N5O17P3. The summed E-state index contributed by atoms with van der Waals surface area (Å²) >= 11 is 0. The van der Waals surface area contributed by atoms with Crippen molar-refractivity contribution in [3.63, 3.8) is 0 Å². The predicted octanol–water partition coefficient (Wildman–Crippen LogP) is -3.99. The third kappa shape index (κ3) is 5.87. The number of aromatic nitrogens is 4. The van der Waals surface area contributed by atoms with Gasteiger partial charge in [0, 0.05) is 0 Å². The van der Waals surface area contributed by atoms with Gasteiger partial charge in [-0.05, 0) is 0 Å². The molecule has 4 heterocycles. The lowest BCUT2D eigenvalue weighted by Crippen LogP contribution is -2.58. The second-order valence-electron chi connectivity index (χ2n) is 8.53. The van der Waals surface area contributed by atoms with E-state index in [4.69, 9.17) is 25.0 Å². The molecule has 2 aliphatic heterocycles. The number of phosphoric ester groups is 1. The zero-order valence-electron chi connectivity index (χ0n) is 19.6. The fraction of sp³-hybridized carbons (Fsp3) is 0.667. The predicted molar refractivity (Wildman–Crippen MR) is 122 cm³/mol. The summed E-state index contributed by atoms with van der Waals surface area (Å²) in [6, 6.07) is 0. The van der Waals surface area contributed by atoms with Gasteiger partial charge < -0.3 is 60.3 Å². The van der Waals surface area contributed by atoms with Gasteiger partial charge in [-0.25, -0.2) is 28.6 Å². The Morgan fingerprint density at radius 1 is 0.950 bits per heavy atom. The van der Waals surface area contributed by atoms with Crippen molar-refractivity contribution in [3.05, 3.63) is 12.7 Å². The molecule has 0 aliphatic carbocycles. The first kappa shape index (κ1) is 31.4. The molecule has 2 aliphatic rings. The number of ether oxygens (including phenoxy) is 2. The van der Waals surface area contributed by atoms with Gasteiger partial charge in [-0.15, -0.1) is 0 Å². The van der Waals surface area contributed by atoms with Crippen molar-refractivity contribution in [2.24, 2.45) is 0 Å². The average Bonchev–Trinajstić information content (AvgIpc) is 3.46. The Morgan fingerprint density at radius 3 is 2.23 bits per heavy atom. The Hall–Kier alpha value is -1.52. The molecule has 40 heavy (non-hydrogen) atoms. The Bertz CT molecular complexity index is 1390. The highest BCUT2D eigenvalue weighted by Gasteiger charge is 2.66. The summed E-state index contributed by atoms with van der Waals surface area (Å²) < 4.78 is 58.6. The number of nitrogen functional groups attached to an aromatic ring is 1. The summed E-state index contributed by atoms with van der Waals surface area (Å²) in [7, 11) is -17.2. The summed E-state index contributed by atoms with van der Waals surface area (Å²) in [6.45, 7) is -2.00. The molecule has 0 spiro atoms. The fourth-order valence-electron chi connectivity index (χ4n) is 4.36. The van der Waals surface area contributed by atoms with E-state index in [0.29, 0.717) is 0 Å². The fourth-order valence-corrected chi connectivity index (χ4v) is 7.39. The van der Waals surface area contributed by atoms with Crippen molar-refractivity contribution >= 4 is 40.4 Å². The molecule has 0 aromatic carbocycles. The van der Waals surface area contributed by atoms with E-state index in [1.807, 2.05) is 0 Å². The maximum Gasteiger partial charge on any atom is 0.490 e. The van der Waals surface area contributed by atoms with Crippen LogP contribution in [0, 0.1) is 0 Å². The quantitative estimate of drug-likeness (QED) is 0.111. The summed E-state index contributed by atoms with van der Waals surface area (Å²) in [6.07, 6.45) is -10.8. The van der Waals surface area contributed by atoms with E-state index < -0.39 is 85.1 Å². The van der Waals surface area contributed by atoms with Crippen molar-refractivity contribution in [1.29, 1.82) is 0 Å². The molecule has 10 atom stereocenters. The van der Waals surface area contributed by atoms with E-state index in [2.05, 4.69) is 28.1 Å². The van der Waals surface area contributed by atoms with Crippen molar-refractivity contribution in [2.75, 3.05) is 18.9 Å². The SMILES string of the molecule is Nc1ncnc2c1ncn2[C@]1(C2O[C@H](CO)[C@@H](O)[C@@H]2O)O[C@H](COP(=O)(O)OP(=O)(O)OP(=O)(O)O)[C@@H](O)[C@H]1O. The lowest BCUT2D eigenvalue weighted by molar-refractivity contribution is -0.230. The van der Waals surface area contributed by atoms with Crippen molar-refractivity contribution in [1.82, 2.24) is 19.5 Å². The highest BCUT2D eigenvalue weighted by Crippen LogP contribution is 2.66. The van der Waals surface area contributed by atoms with Crippen LogP contribution in [0.3, 0.4) is 0 Å². The normalized spacial score (nSPS) is 36.1. The molecule has 0 radical (unpaired) electrons. The lowest BCUT2D eigenvalue weighted by atomic mass is 9.92. The minimum atomic E-state index is -5.86. The monoisotopic (exact) mass is 639 g/mol. The topological polar surface area (TPSA) is 349 Å². The van der Waals surface area contributed by atoms with Gasteiger partial charge in [-0.2, -0.15) is 8.62 Å². The van der Waals surface area contributed by atoms with Crippen LogP contribution in [-0.4, -0.2) is 121 Å². The molecule has 0 bridgehead atoms. The molecule has 2 aromatic rings. The zero-order chi connectivity index (χ0) is 29.8. The molecule has 2 fully saturated rings. The van der Waals surface area contributed by atoms with Gasteiger partial charge in [0.15, 0.2) is 11.5 Å². The number of aliphatic hydroxyl groups is 5. The van der Waals surface area contributed by atoms with Crippen molar-refractivity contribution in [2.45, 2.75) is 48.5 Å². The Kier molecular flexibility index (Phi) is 8.60. The van der Waals surface area contributed by atoms with Crippen LogP contribution in [0.25, 0.3) is 11.2 Å². The van der Waals surface area contributed by atoms with Gasteiger partial charge in [0.2, 0.25) is 5.72 Å². The highest BCUT2D eigenvalue weighted by molar-refractivity contribution is 7.66. The molecule has 4 rings (SSSR count). The molecular weight excluding hydrogens is 615 g/mol. The molecule has 0 saturated carbocycles. The van der Waals surface area contributed by atoms with Crippen LogP contribution in [0.15, 0.2) is 12.7 Å². The third-order valence-electron chi connectivity index (χ3n) is 5.97. The Balaban J connectivity index is 1.68. The van der Waals surface area contributed by atoms with Gasteiger partial charge in [0.1, 0.15) is 54.6 Å². The van der Waals surface area contributed by atoms with E-state index in [1.165, 1.54) is 0 Å². The zero-order valence-corrected chi connectivity index (χ0v) is 22.3. The van der Waals surface area contributed by atoms with Crippen LogP contribution in [0.5, 0.6) is 0 Å². The summed E-state index contributed by atoms with van der Waals surface area (Å²) in [4.78, 5) is 48.1. The van der Waals surface area contributed by atoms with E-state index in [1.54, 1.807) is 0 Å². The lowest BCUT2D eigenvalue weighted by Gasteiger charge is -2.39. The minimum absolute atomic E-state index is 0.0318. The van der Waals surface area contributed by atoms with E-state index >= 15 is 0 Å². The third-order valence-corrected chi connectivity index (χ3v) is 9.78. The summed E-state index contributed by atoms with van der Waals surface area (Å²) in [5, 5.41) is 52.6. The molecule has 22 nitrogen and oxygen atoms in total. The second kappa shape index (κ2) is 11.0. The number of hydrogen-bond donors (Lipinski definition) is 10. The highest BCUT2D eigenvalue weighted by atomic mass is 31.3. The van der Waals surface area contributed by atoms with Gasteiger partial charge in [-0.1, -0.05) is 0 Å². The van der Waals surface area contributed by atoms with Crippen LogP contribution >= 0.6 is 23.5 Å². The Labute approximate surface area is 222 Å². The first-order chi connectivity index (χ1) is 18.4. The number of fused-ring (bicyclic) bond motifs is 1. The molecule has 3 unspecified atom stereocenters. The molecule has 25 heteroatoms. The molecule has 226 valence electrons. The first-order valence-corrected chi connectivity index (χ1v) is 15.3. The molecule has 0 amide bonds. The number of phosphoric acid groups is 3. The van der Waals surface area contributed by atoms with Gasteiger partial charge in [0.25, 0.3) is 0 Å². The number of aliphatic hydroxyl groups excluding tert-OH is 5. The van der Waals surface area contributed by atoms with Gasteiger partial charge >= 0.3 is 23.5 Å². The number of nitrogens with two attached hydrogens (primary N) is 1. The van der Waals surface area contributed by atoms with Gasteiger partial charge in [0.05, 0.1) is 19.5 Å². The maximum atomic E-state index is 12.2. The van der Waals surface area contributed by atoms with Crippen LogP contribution in [0.2, 0.25) is 0 Å². The van der Waals surface area contributed by atoms with Crippen LogP contribution in [-0.2, 0) is 42.0 Å². The second-order valence-corrected chi connectivity index (χ2v) is 13.0. The van der Waals surface area contributed by atoms with Crippen LogP contribution in [0.4, 0.5) is 5.82 Å². The van der Waals surface area contributed by atoms with Crippen molar-refractivity contribution in [3.8, 4) is 0 Å². The largest absolute Gasteiger partial charge is 0.490 e. The van der Waals surface area contributed by atoms with E-state index in [0.717, 1.165) is 17.2 Å². The number of imidazole rings is 1. The average molecular weight is 639 g/mol. The number of rotatable bonds is 10. The number of anilines is 1. The summed E-state index contributed by atoms with van der Waals surface area (Å²) in [5.41, 5.74) is 3.18. The minimum Gasteiger partial charge on any atom is -0.394 e. The van der Waals surface area contributed by atoms with Crippen LogP contribution < -0.4 is 5.73 Å². The standard InChI is InChI=1S/C15H24N5O17P3/c16-13-7-14(18-3-17-13)20(4-19-7)15(12-10(24)8(22)5(1-21)34-12)11(25)9(23)6(35-15)2-33-39(29,30)37-40(31,32)36-38(26,27)28/h3-6,8-12,21-25H,1-2H2,(H,29,30)(H,31,32)(H2,16,17,18)(H2,26,27,28)/t5-,6-,8-,9-,10+,11-,12?,15+/m1/s1. The Morgan fingerprint density at radius 2 is 1.62 bits per heavy atom. The first-order valence-electron chi connectivity index (χ1n) is 10.8.